The van der Waals surface area contributed by atoms with Crippen LogP contribution in [0.25, 0.3) is 33.6 Å². The third kappa shape index (κ3) is 10.7. The molecule has 5 amide bonds. The van der Waals surface area contributed by atoms with E-state index < -0.39 is 0 Å². The molecule has 0 atom stereocenters. The summed E-state index contributed by atoms with van der Waals surface area (Å²) in [7, 11) is 3.11. The van der Waals surface area contributed by atoms with Gasteiger partial charge < -0.3 is 32.3 Å². The number of amides is 5. The van der Waals surface area contributed by atoms with E-state index >= 15 is 0 Å². The number of nitrogens with zero attached hydrogens (tertiary/aromatic N) is 6. The second-order valence-corrected chi connectivity index (χ2v) is 13.9. The SMILES string of the molecule is CNC(=O)Nc1cncc(-n2cc(-c3cc(C(=O)NC4CC4)ccc3C)cn2)c1.CNC=O.Cc1ccc(C(=O)NC2CC2)cc1-c1cnn(-c2cncc(N)c2)c1. The zero-order valence-corrected chi connectivity index (χ0v) is 32.7. The van der Waals surface area contributed by atoms with Crippen LogP contribution in [0.3, 0.4) is 0 Å². The highest BCUT2D eigenvalue weighted by Crippen LogP contribution is 2.28. The molecular weight excluding hydrogens is 737 g/mol. The summed E-state index contributed by atoms with van der Waals surface area (Å²) in [6.07, 6.45) is 18.8. The molecule has 2 aliphatic rings. The number of aryl methyl sites for hydroxylation is 2. The van der Waals surface area contributed by atoms with Crippen LogP contribution in [0.15, 0.2) is 98.1 Å². The molecule has 2 saturated carbocycles. The van der Waals surface area contributed by atoms with E-state index in [1.54, 1.807) is 66.7 Å². The van der Waals surface area contributed by atoms with Gasteiger partial charge in [0.1, 0.15) is 0 Å². The lowest BCUT2D eigenvalue weighted by atomic mass is 10.0. The van der Waals surface area contributed by atoms with Crippen LogP contribution in [0.2, 0.25) is 0 Å². The van der Waals surface area contributed by atoms with Gasteiger partial charge in [0.05, 0.1) is 53.7 Å². The van der Waals surface area contributed by atoms with E-state index in [0.717, 1.165) is 64.8 Å². The Hall–Kier alpha value is -7.36. The molecule has 0 spiro atoms. The number of rotatable bonds is 10. The van der Waals surface area contributed by atoms with Crippen molar-refractivity contribution in [3.05, 3.63) is 120 Å². The largest absolute Gasteiger partial charge is 0.397 e. The maximum Gasteiger partial charge on any atom is 0.319 e. The molecule has 2 fully saturated rings. The monoisotopic (exact) mass is 782 g/mol. The molecule has 4 heterocycles. The zero-order chi connectivity index (χ0) is 41.2. The predicted molar refractivity (Wildman–Crippen MR) is 222 cm³/mol. The summed E-state index contributed by atoms with van der Waals surface area (Å²) in [4.78, 5) is 53.5. The molecule has 4 aromatic heterocycles. The fourth-order valence-corrected chi connectivity index (χ4v) is 5.73. The zero-order valence-electron chi connectivity index (χ0n) is 32.7. The summed E-state index contributed by atoms with van der Waals surface area (Å²) >= 11 is 0. The van der Waals surface area contributed by atoms with E-state index in [-0.39, 0.29) is 17.8 Å². The highest BCUT2D eigenvalue weighted by atomic mass is 16.2. The summed E-state index contributed by atoms with van der Waals surface area (Å²) in [6.45, 7) is 4.03. The van der Waals surface area contributed by atoms with Crippen LogP contribution >= 0.6 is 0 Å². The number of aromatic nitrogens is 6. The average Bonchev–Trinajstić information content (AvgIpc) is 4.13. The molecule has 8 rings (SSSR count). The Morgan fingerprint density at radius 3 is 1.62 bits per heavy atom. The van der Waals surface area contributed by atoms with Crippen molar-refractivity contribution in [3.63, 3.8) is 0 Å². The van der Waals surface area contributed by atoms with Gasteiger partial charge in [-0.1, -0.05) is 12.1 Å². The van der Waals surface area contributed by atoms with Crippen molar-refractivity contribution in [2.24, 2.45) is 0 Å². The third-order valence-electron chi connectivity index (χ3n) is 9.21. The summed E-state index contributed by atoms with van der Waals surface area (Å²) in [5, 5.41) is 22.3. The smallest absolute Gasteiger partial charge is 0.319 e. The summed E-state index contributed by atoms with van der Waals surface area (Å²) < 4.78 is 3.42. The lowest BCUT2D eigenvalue weighted by Gasteiger charge is -2.08. The molecule has 0 bridgehead atoms. The van der Waals surface area contributed by atoms with Gasteiger partial charge in [-0.25, -0.2) is 14.2 Å². The molecule has 2 aliphatic carbocycles. The molecular formula is C42H46N12O4. The van der Waals surface area contributed by atoms with E-state index in [0.29, 0.717) is 46.7 Å². The van der Waals surface area contributed by atoms with Gasteiger partial charge in [-0.3, -0.25) is 24.4 Å². The number of carbonyl (C=O) groups is 4. The first-order chi connectivity index (χ1) is 28.0. The van der Waals surface area contributed by atoms with Crippen LogP contribution < -0.4 is 32.3 Å². The number of urea groups is 1. The number of carbonyl (C=O) groups excluding carboxylic acids is 4. The van der Waals surface area contributed by atoms with E-state index in [1.807, 2.05) is 68.7 Å². The van der Waals surface area contributed by atoms with Crippen molar-refractivity contribution >= 4 is 35.6 Å². The summed E-state index contributed by atoms with van der Waals surface area (Å²) in [5.41, 5.74) is 15.7. The minimum atomic E-state index is -0.318. The summed E-state index contributed by atoms with van der Waals surface area (Å²) in [5.74, 6) is -0.0607. The van der Waals surface area contributed by atoms with Crippen LogP contribution in [-0.4, -0.2) is 80.0 Å². The average molecular weight is 783 g/mol. The Labute approximate surface area is 335 Å². The number of hydrogen-bond acceptors (Lipinski definition) is 9. The first-order valence-electron chi connectivity index (χ1n) is 18.7. The van der Waals surface area contributed by atoms with Crippen molar-refractivity contribution in [1.82, 2.24) is 50.8 Å². The second kappa shape index (κ2) is 18.5. The second-order valence-electron chi connectivity index (χ2n) is 13.9. The number of benzene rings is 2. The van der Waals surface area contributed by atoms with Crippen molar-refractivity contribution in [3.8, 4) is 33.6 Å². The molecule has 2 aromatic carbocycles. The van der Waals surface area contributed by atoms with Crippen LogP contribution in [0.1, 0.15) is 57.5 Å². The first kappa shape index (κ1) is 40.3. The minimum absolute atomic E-state index is 0.0174. The van der Waals surface area contributed by atoms with Gasteiger partial charge in [-0.15, -0.1) is 0 Å². The number of hydrogen-bond donors (Lipinski definition) is 6. The molecule has 0 radical (unpaired) electrons. The minimum Gasteiger partial charge on any atom is -0.397 e. The summed E-state index contributed by atoms with van der Waals surface area (Å²) in [6, 6.07) is 15.4. The fraction of sp³-hybridized carbons (Fsp3) is 0.238. The Morgan fingerprint density at radius 1 is 0.690 bits per heavy atom. The Morgan fingerprint density at radius 2 is 1.17 bits per heavy atom. The number of pyridine rings is 2. The maximum atomic E-state index is 12.4. The molecule has 0 aliphatic heterocycles. The predicted octanol–water partition coefficient (Wildman–Crippen LogP) is 4.97. The number of nitrogen functional groups attached to an aromatic ring is 1. The highest BCUT2D eigenvalue weighted by Gasteiger charge is 2.25. The quantitative estimate of drug-likeness (QED) is 0.103. The third-order valence-corrected chi connectivity index (χ3v) is 9.21. The van der Waals surface area contributed by atoms with Crippen molar-refractivity contribution < 1.29 is 19.2 Å². The number of nitrogens with two attached hydrogens (primary N) is 1. The van der Waals surface area contributed by atoms with Crippen LogP contribution in [0.5, 0.6) is 0 Å². The Bertz CT molecular complexity index is 2410. The van der Waals surface area contributed by atoms with E-state index in [1.165, 1.54) is 0 Å². The number of nitrogens with one attached hydrogen (secondary N) is 5. The van der Waals surface area contributed by atoms with E-state index in [4.69, 9.17) is 10.5 Å². The Balaban J connectivity index is 0.000000181. The topological polar surface area (TPSA) is 216 Å². The van der Waals surface area contributed by atoms with Crippen LogP contribution in [0.4, 0.5) is 16.2 Å². The molecule has 16 heteroatoms. The molecule has 16 nitrogen and oxygen atoms in total. The number of anilines is 2. The molecule has 298 valence electrons. The van der Waals surface area contributed by atoms with Crippen molar-refractivity contribution in [2.45, 2.75) is 51.6 Å². The van der Waals surface area contributed by atoms with Gasteiger partial charge in [-0.2, -0.15) is 10.2 Å². The van der Waals surface area contributed by atoms with Gasteiger partial charge >= 0.3 is 6.03 Å². The van der Waals surface area contributed by atoms with Crippen molar-refractivity contribution in [1.29, 1.82) is 0 Å². The van der Waals surface area contributed by atoms with Gasteiger partial charge in [-0.05, 0) is 98.2 Å². The van der Waals surface area contributed by atoms with E-state index in [2.05, 4.69) is 46.7 Å². The van der Waals surface area contributed by atoms with Crippen LogP contribution in [-0.2, 0) is 4.79 Å². The van der Waals surface area contributed by atoms with Crippen LogP contribution in [0, 0.1) is 13.8 Å². The molecule has 0 saturated heterocycles. The molecule has 58 heavy (non-hydrogen) atoms. The van der Waals surface area contributed by atoms with Gasteiger partial charge in [0.15, 0.2) is 0 Å². The maximum absolute atomic E-state index is 12.4. The van der Waals surface area contributed by atoms with Gasteiger partial charge in [0.2, 0.25) is 6.41 Å². The standard InChI is InChI=1S/C21H22N6O2.C19H19N5O.C2H5NO/c1-13-3-4-14(20(28)25-16-5-6-16)7-19(13)15-9-24-27(12-15)18-8-17(10-23-11-18)26-21(29)22-2;1-12-2-3-13(19(25)23-16-4-5-16)6-18(12)14-8-22-24(11-14)17-7-15(20)9-21-10-17;1-3-2-4/h3-4,7-12,16H,5-6H2,1-2H3,(H,25,28)(H2,22,26,29);2-3,6-11,16H,4-5,20H2,1H3,(H,23,25);2H,1H3,(H,3,4). The molecule has 0 unspecified atom stereocenters. The first-order valence-corrected chi connectivity index (χ1v) is 18.7. The van der Waals surface area contributed by atoms with Gasteiger partial charge in [0.25, 0.3) is 11.8 Å². The van der Waals surface area contributed by atoms with Crippen molar-refractivity contribution in [2.75, 3.05) is 25.1 Å². The lowest BCUT2D eigenvalue weighted by molar-refractivity contribution is -0.109. The fourth-order valence-electron chi connectivity index (χ4n) is 5.73. The van der Waals surface area contributed by atoms with Gasteiger partial charge in [0, 0.05) is 67.0 Å². The normalized spacial score (nSPS) is 12.8. The lowest BCUT2D eigenvalue weighted by Crippen LogP contribution is -2.25. The Kier molecular flexibility index (Phi) is 12.9. The molecule has 6 aromatic rings. The molecule has 7 N–H and O–H groups in total. The van der Waals surface area contributed by atoms with E-state index in [9.17, 15) is 14.4 Å². The highest BCUT2D eigenvalue weighted by molar-refractivity contribution is 5.97.